The van der Waals surface area contributed by atoms with Crippen molar-refractivity contribution in [2.75, 3.05) is 18.9 Å². The number of amides is 1. The first-order chi connectivity index (χ1) is 16.5. The molecular weight excluding hydrogens is 430 g/mol. The standard InChI is InChI=1S/C26H29N5O3/c1-3-5-6-9-16-28-25(32)21-22-24(30-20-11-8-7-10-19(20)29-22)31(23(21)27)18-14-12-17(13-15-18)26(33)34-4-2/h7-8,10-15H,3-6,9,16,27H2,1-2H3,(H,28,32). The average Bonchev–Trinajstić information content (AvgIpc) is 3.13. The maximum atomic E-state index is 13.2. The molecule has 0 aliphatic rings. The number of anilines is 1. The number of carbonyl (C=O) groups is 2. The predicted molar refractivity (Wildman–Crippen MR) is 133 cm³/mol. The minimum atomic E-state index is -0.395. The third-order valence-electron chi connectivity index (χ3n) is 5.68. The highest BCUT2D eigenvalue weighted by molar-refractivity contribution is 6.11. The van der Waals surface area contributed by atoms with Crippen molar-refractivity contribution >= 4 is 39.9 Å². The third-order valence-corrected chi connectivity index (χ3v) is 5.68. The van der Waals surface area contributed by atoms with Gasteiger partial charge in [0.05, 0.1) is 23.2 Å². The molecule has 0 saturated heterocycles. The molecule has 4 aromatic rings. The molecule has 0 atom stereocenters. The Balaban J connectivity index is 1.78. The van der Waals surface area contributed by atoms with Crippen molar-refractivity contribution in [3.63, 3.8) is 0 Å². The van der Waals surface area contributed by atoms with Crippen molar-refractivity contribution in [1.82, 2.24) is 19.9 Å². The lowest BCUT2D eigenvalue weighted by atomic mass is 10.2. The van der Waals surface area contributed by atoms with Crippen molar-refractivity contribution in [3.8, 4) is 5.69 Å². The van der Waals surface area contributed by atoms with E-state index in [1.807, 2.05) is 24.3 Å². The molecule has 0 aliphatic carbocycles. The average molecular weight is 460 g/mol. The Kier molecular flexibility index (Phi) is 7.06. The molecule has 176 valence electrons. The summed E-state index contributed by atoms with van der Waals surface area (Å²) >= 11 is 0. The number of rotatable bonds is 9. The van der Waals surface area contributed by atoms with Gasteiger partial charge in [-0.3, -0.25) is 9.36 Å². The van der Waals surface area contributed by atoms with Crippen LogP contribution >= 0.6 is 0 Å². The summed E-state index contributed by atoms with van der Waals surface area (Å²) in [5.74, 6) is -0.418. The lowest BCUT2D eigenvalue weighted by Gasteiger charge is -2.09. The smallest absolute Gasteiger partial charge is 0.338 e. The van der Waals surface area contributed by atoms with Crippen molar-refractivity contribution in [1.29, 1.82) is 0 Å². The Morgan fingerprint density at radius 3 is 2.35 bits per heavy atom. The molecule has 0 bridgehead atoms. The predicted octanol–water partition coefficient (Wildman–Crippen LogP) is 4.64. The fourth-order valence-corrected chi connectivity index (χ4v) is 3.95. The van der Waals surface area contributed by atoms with E-state index in [1.165, 1.54) is 0 Å². The number of hydrogen-bond donors (Lipinski definition) is 2. The summed E-state index contributed by atoms with van der Waals surface area (Å²) in [7, 11) is 0. The van der Waals surface area contributed by atoms with Gasteiger partial charge < -0.3 is 15.8 Å². The number of hydrogen-bond acceptors (Lipinski definition) is 6. The lowest BCUT2D eigenvalue weighted by molar-refractivity contribution is 0.0526. The molecule has 0 radical (unpaired) electrons. The Hall–Kier alpha value is -3.94. The molecule has 4 rings (SSSR count). The summed E-state index contributed by atoms with van der Waals surface area (Å²) in [5.41, 5.74) is 10.2. The number of nitrogens with one attached hydrogen (secondary N) is 1. The van der Waals surface area contributed by atoms with Gasteiger partial charge in [-0.15, -0.1) is 0 Å². The van der Waals surface area contributed by atoms with Crippen LogP contribution in [0.2, 0.25) is 0 Å². The number of nitrogen functional groups attached to an aromatic ring is 1. The van der Waals surface area contributed by atoms with E-state index in [0.29, 0.717) is 52.2 Å². The number of nitrogens with two attached hydrogens (primary N) is 1. The van der Waals surface area contributed by atoms with E-state index in [4.69, 9.17) is 20.4 Å². The van der Waals surface area contributed by atoms with Gasteiger partial charge in [-0.2, -0.15) is 0 Å². The summed E-state index contributed by atoms with van der Waals surface area (Å²) in [6, 6.07) is 14.3. The molecule has 0 aliphatic heterocycles. The van der Waals surface area contributed by atoms with E-state index in [9.17, 15) is 9.59 Å². The van der Waals surface area contributed by atoms with Crippen molar-refractivity contribution in [3.05, 3.63) is 59.7 Å². The topological polar surface area (TPSA) is 112 Å². The second-order valence-corrected chi connectivity index (χ2v) is 8.06. The summed E-state index contributed by atoms with van der Waals surface area (Å²) < 4.78 is 6.77. The first-order valence-electron chi connectivity index (χ1n) is 11.7. The quantitative estimate of drug-likeness (QED) is 0.278. The molecule has 34 heavy (non-hydrogen) atoms. The zero-order chi connectivity index (χ0) is 24.1. The van der Waals surface area contributed by atoms with E-state index in [1.54, 1.807) is 35.8 Å². The highest BCUT2D eigenvalue weighted by Crippen LogP contribution is 2.31. The highest BCUT2D eigenvalue weighted by Gasteiger charge is 2.24. The Labute approximate surface area is 198 Å². The minimum Gasteiger partial charge on any atom is -0.462 e. The van der Waals surface area contributed by atoms with Gasteiger partial charge in [0.25, 0.3) is 5.91 Å². The maximum absolute atomic E-state index is 13.2. The lowest BCUT2D eigenvalue weighted by Crippen LogP contribution is -2.25. The zero-order valence-electron chi connectivity index (χ0n) is 19.5. The van der Waals surface area contributed by atoms with Gasteiger partial charge in [0.2, 0.25) is 0 Å². The van der Waals surface area contributed by atoms with Crippen LogP contribution in [0.15, 0.2) is 48.5 Å². The van der Waals surface area contributed by atoms with Crippen molar-refractivity contribution in [2.24, 2.45) is 0 Å². The fraction of sp³-hybridized carbons (Fsp3) is 0.308. The van der Waals surface area contributed by atoms with Crippen molar-refractivity contribution < 1.29 is 14.3 Å². The van der Waals surface area contributed by atoms with E-state index >= 15 is 0 Å². The summed E-state index contributed by atoms with van der Waals surface area (Å²) in [6.45, 7) is 4.78. The summed E-state index contributed by atoms with van der Waals surface area (Å²) in [4.78, 5) is 34.7. The monoisotopic (exact) mass is 459 g/mol. The number of fused-ring (bicyclic) bond motifs is 2. The van der Waals surface area contributed by atoms with Crippen LogP contribution in [0.3, 0.4) is 0 Å². The van der Waals surface area contributed by atoms with E-state index in [-0.39, 0.29) is 11.7 Å². The first kappa shape index (κ1) is 23.2. The molecule has 0 unspecified atom stereocenters. The molecule has 0 fully saturated rings. The van der Waals surface area contributed by atoms with Crippen LogP contribution in [0, 0.1) is 0 Å². The van der Waals surface area contributed by atoms with Gasteiger partial charge in [0.1, 0.15) is 16.9 Å². The SMILES string of the molecule is CCCCCCNC(=O)c1c(N)n(-c2ccc(C(=O)OCC)cc2)c2nc3ccccc3nc12. The number of unbranched alkanes of at least 4 members (excludes halogenated alkanes) is 3. The first-order valence-corrected chi connectivity index (χ1v) is 11.7. The Bertz CT molecular complexity index is 1330. The van der Waals surface area contributed by atoms with Gasteiger partial charge in [0.15, 0.2) is 5.65 Å². The molecule has 2 aromatic heterocycles. The van der Waals surface area contributed by atoms with Gasteiger partial charge in [-0.25, -0.2) is 14.8 Å². The summed E-state index contributed by atoms with van der Waals surface area (Å²) in [6.07, 6.45) is 4.23. The summed E-state index contributed by atoms with van der Waals surface area (Å²) in [5, 5.41) is 2.98. The number of esters is 1. The second-order valence-electron chi connectivity index (χ2n) is 8.06. The zero-order valence-corrected chi connectivity index (χ0v) is 19.5. The number of aromatic nitrogens is 3. The molecule has 8 nitrogen and oxygen atoms in total. The van der Waals surface area contributed by atoms with Crippen LogP contribution in [0.25, 0.3) is 27.9 Å². The van der Waals surface area contributed by atoms with Crippen LogP contribution < -0.4 is 11.1 Å². The van der Waals surface area contributed by atoms with Crippen LogP contribution in [0.4, 0.5) is 5.82 Å². The van der Waals surface area contributed by atoms with E-state index in [2.05, 4.69) is 12.2 Å². The van der Waals surface area contributed by atoms with Crippen LogP contribution in [0.1, 0.15) is 60.2 Å². The van der Waals surface area contributed by atoms with Gasteiger partial charge in [-0.1, -0.05) is 38.3 Å². The molecule has 0 spiro atoms. The second kappa shape index (κ2) is 10.3. The van der Waals surface area contributed by atoms with Crippen molar-refractivity contribution in [2.45, 2.75) is 39.5 Å². The number of ether oxygens (including phenoxy) is 1. The maximum Gasteiger partial charge on any atom is 0.338 e. The van der Waals surface area contributed by atoms with Crippen LogP contribution in [-0.4, -0.2) is 39.6 Å². The molecule has 3 N–H and O–H groups in total. The van der Waals surface area contributed by atoms with Gasteiger partial charge in [0, 0.05) is 12.2 Å². The molecular formula is C26H29N5O3. The molecule has 8 heteroatoms. The van der Waals surface area contributed by atoms with Crippen LogP contribution in [-0.2, 0) is 4.74 Å². The number of benzene rings is 2. The highest BCUT2D eigenvalue weighted by atomic mass is 16.5. The van der Waals surface area contributed by atoms with E-state index < -0.39 is 5.97 Å². The largest absolute Gasteiger partial charge is 0.462 e. The number of carbonyl (C=O) groups excluding carboxylic acids is 2. The molecule has 1 amide bonds. The Morgan fingerprint density at radius 1 is 0.971 bits per heavy atom. The number of para-hydroxylation sites is 2. The molecule has 0 saturated carbocycles. The third kappa shape index (κ3) is 4.57. The Morgan fingerprint density at radius 2 is 1.68 bits per heavy atom. The fourth-order valence-electron chi connectivity index (χ4n) is 3.95. The van der Waals surface area contributed by atoms with Gasteiger partial charge in [-0.05, 0) is 49.7 Å². The number of nitrogens with zero attached hydrogens (tertiary/aromatic N) is 3. The molecule has 2 heterocycles. The van der Waals surface area contributed by atoms with E-state index in [0.717, 1.165) is 25.7 Å². The normalized spacial score (nSPS) is 11.1. The van der Waals surface area contributed by atoms with Gasteiger partial charge >= 0.3 is 5.97 Å². The molecule has 2 aromatic carbocycles. The minimum absolute atomic E-state index is 0.250. The van der Waals surface area contributed by atoms with Crippen LogP contribution in [0.5, 0.6) is 0 Å².